The zero-order valence-corrected chi connectivity index (χ0v) is 14.1. The monoisotopic (exact) mass is 292 g/mol. The minimum atomic E-state index is -1.87. The van der Waals surface area contributed by atoms with E-state index in [1.165, 1.54) is 21.5 Å². The average molecular weight is 292 g/mol. The van der Waals surface area contributed by atoms with Crippen LogP contribution < -0.4 is 10.4 Å². The molecule has 0 unspecified atom stereocenters. The zero-order valence-electron chi connectivity index (χ0n) is 13.1. The highest BCUT2D eigenvalue weighted by Crippen LogP contribution is 2.24. The van der Waals surface area contributed by atoms with Crippen LogP contribution in [0, 0.1) is 0 Å². The predicted molar refractivity (Wildman–Crippen MR) is 97.1 cm³/mol. The van der Waals surface area contributed by atoms with E-state index in [2.05, 4.69) is 87.7 Å². The molecule has 0 radical (unpaired) electrons. The van der Waals surface area contributed by atoms with Gasteiger partial charge in [0.1, 0.15) is 8.07 Å². The average Bonchev–Trinajstić information content (AvgIpc) is 2.47. The third kappa shape index (κ3) is 3.62. The van der Waals surface area contributed by atoms with Crippen molar-refractivity contribution in [1.29, 1.82) is 0 Å². The van der Waals surface area contributed by atoms with Crippen LogP contribution in [0.5, 0.6) is 0 Å². The molecule has 0 aliphatic heterocycles. The Hall–Kier alpha value is -1.86. The molecule has 0 heterocycles. The van der Waals surface area contributed by atoms with Gasteiger partial charge in [0.05, 0.1) is 0 Å². The van der Waals surface area contributed by atoms with Gasteiger partial charge in [-0.2, -0.15) is 0 Å². The van der Waals surface area contributed by atoms with Crippen molar-refractivity contribution in [2.24, 2.45) is 0 Å². The Labute approximate surface area is 129 Å². The van der Waals surface area contributed by atoms with E-state index in [0.29, 0.717) is 0 Å². The Morgan fingerprint density at radius 2 is 1.05 bits per heavy atom. The van der Waals surface area contributed by atoms with Crippen LogP contribution in [-0.4, -0.2) is 8.07 Å². The summed E-state index contributed by atoms with van der Waals surface area (Å²) in [6.07, 6.45) is 0. The fourth-order valence-corrected chi connectivity index (χ4v) is 8.18. The largest absolute Gasteiger partial charge is 0.125 e. The van der Waals surface area contributed by atoms with Crippen LogP contribution >= 0.6 is 0 Å². The van der Waals surface area contributed by atoms with Gasteiger partial charge in [-0.25, -0.2) is 0 Å². The summed E-state index contributed by atoms with van der Waals surface area (Å²) >= 11 is 0. The van der Waals surface area contributed by atoms with Gasteiger partial charge >= 0.3 is 0 Å². The first-order valence-corrected chi connectivity index (χ1v) is 9.86. The predicted octanol–water partition coefficient (Wildman–Crippen LogP) is 4.40. The molecule has 0 saturated heterocycles. The number of hydrogen-bond donors (Lipinski definition) is 0. The highest BCUT2D eigenvalue weighted by molar-refractivity contribution is 7.03. The second kappa shape index (κ2) is 6.73. The van der Waals surface area contributed by atoms with Crippen molar-refractivity contribution < 1.29 is 0 Å². The molecule has 0 aromatic heterocycles. The lowest BCUT2D eigenvalue weighted by molar-refractivity contribution is 1.28. The summed E-state index contributed by atoms with van der Waals surface area (Å²) in [5.74, 6) is 0. The molecular formula is C20H24Si. The number of rotatable bonds is 6. The first-order chi connectivity index (χ1) is 10.0. The Morgan fingerprint density at radius 3 is 1.33 bits per heavy atom. The lowest BCUT2D eigenvalue weighted by Gasteiger charge is -2.33. The van der Waals surface area contributed by atoms with Crippen LogP contribution in [0.25, 0.3) is 0 Å². The van der Waals surface area contributed by atoms with Crippen LogP contribution in [0.1, 0.15) is 13.8 Å². The van der Waals surface area contributed by atoms with Gasteiger partial charge in [-0.1, -0.05) is 82.2 Å². The minimum Gasteiger partial charge on any atom is -0.100 e. The summed E-state index contributed by atoms with van der Waals surface area (Å²) in [7, 11) is -1.87. The zero-order chi connectivity index (χ0) is 15.3. The Morgan fingerprint density at radius 1 is 0.714 bits per heavy atom. The molecule has 0 aliphatic rings. The van der Waals surface area contributed by atoms with Gasteiger partial charge in [0.15, 0.2) is 0 Å². The van der Waals surface area contributed by atoms with Crippen LogP contribution in [0.4, 0.5) is 0 Å². The van der Waals surface area contributed by atoms with Gasteiger partial charge in [0.25, 0.3) is 0 Å². The summed E-state index contributed by atoms with van der Waals surface area (Å²) in [5.41, 5.74) is 2.52. The van der Waals surface area contributed by atoms with E-state index in [4.69, 9.17) is 0 Å². The molecule has 2 aromatic rings. The maximum atomic E-state index is 4.20. The second-order valence-electron chi connectivity index (χ2n) is 6.08. The summed E-state index contributed by atoms with van der Waals surface area (Å²) in [5, 5.41) is 2.95. The van der Waals surface area contributed by atoms with E-state index in [0.717, 1.165) is 12.1 Å². The molecule has 0 bridgehead atoms. The Bertz CT molecular complexity index is 553. The van der Waals surface area contributed by atoms with E-state index in [1.54, 1.807) is 0 Å². The molecule has 0 spiro atoms. The molecule has 0 fully saturated rings. The van der Waals surface area contributed by atoms with Crippen molar-refractivity contribution in [1.82, 2.24) is 0 Å². The second-order valence-corrected chi connectivity index (χ2v) is 10.1. The number of allylic oxidation sites excluding steroid dienone is 2. The molecule has 0 amide bonds. The highest BCUT2D eigenvalue weighted by atomic mass is 28.3. The lowest BCUT2D eigenvalue weighted by atomic mass is 10.3. The summed E-state index contributed by atoms with van der Waals surface area (Å²) in [4.78, 5) is 0. The summed E-state index contributed by atoms with van der Waals surface area (Å²) in [6.45, 7) is 12.7. The van der Waals surface area contributed by atoms with E-state index in [-0.39, 0.29) is 0 Å². The van der Waals surface area contributed by atoms with E-state index < -0.39 is 8.07 Å². The number of benzene rings is 2. The SMILES string of the molecule is C=C(C)C[Si](CC(=C)C)(c1ccccc1)c1ccccc1. The molecular weight excluding hydrogens is 268 g/mol. The van der Waals surface area contributed by atoms with Crippen LogP contribution in [0.2, 0.25) is 12.1 Å². The summed E-state index contributed by atoms with van der Waals surface area (Å²) < 4.78 is 0. The topological polar surface area (TPSA) is 0 Å². The van der Waals surface area contributed by atoms with E-state index in [1.807, 2.05) is 0 Å². The molecule has 0 aliphatic carbocycles. The lowest BCUT2D eigenvalue weighted by Crippen LogP contribution is -2.58. The van der Waals surface area contributed by atoms with Gasteiger partial charge in [-0.05, 0) is 25.9 Å². The number of hydrogen-bond acceptors (Lipinski definition) is 0. The fraction of sp³-hybridized carbons (Fsp3) is 0.200. The molecule has 0 N–H and O–H groups in total. The minimum absolute atomic E-state index is 1.08. The first-order valence-electron chi connectivity index (χ1n) is 7.44. The molecule has 0 saturated carbocycles. The molecule has 1 heteroatoms. The first kappa shape index (κ1) is 15.5. The van der Waals surface area contributed by atoms with Crippen molar-refractivity contribution in [2.75, 3.05) is 0 Å². The molecule has 0 atom stereocenters. The molecule has 2 rings (SSSR count). The van der Waals surface area contributed by atoms with Gasteiger partial charge in [0.2, 0.25) is 0 Å². The normalized spacial score (nSPS) is 11.1. The molecule has 21 heavy (non-hydrogen) atoms. The van der Waals surface area contributed by atoms with Crippen molar-refractivity contribution in [3.63, 3.8) is 0 Å². The highest BCUT2D eigenvalue weighted by Gasteiger charge is 2.36. The molecule has 108 valence electrons. The third-order valence-corrected chi connectivity index (χ3v) is 9.15. The van der Waals surface area contributed by atoms with Crippen molar-refractivity contribution in [3.05, 3.63) is 85.0 Å². The third-order valence-electron chi connectivity index (χ3n) is 3.86. The molecule has 0 nitrogen and oxygen atoms in total. The van der Waals surface area contributed by atoms with Crippen molar-refractivity contribution in [2.45, 2.75) is 25.9 Å². The molecule has 2 aromatic carbocycles. The van der Waals surface area contributed by atoms with E-state index in [9.17, 15) is 0 Å². The quantitative estimate of drug-likeness (QED) is 0.547. The van der Waals surface area contributed by atoms with Crippen LogP contribution in [0.3, 0.4) is 0 Å². The van der Waals surface area contributed by atoms with Crippen molar-refractivity contribution in [3.8, 4) is 0 Å². The standard InChI is InChI=1S/C20H24Si/c1-17(2)15-21(16-18(3)4,19-11-7-5-8-12-19)20-13-9-6-10-14-20/h5-14H,1,3,15-16H2,2,4H3. The Kier molecular flexibility index (Phi) is 4.97. The maximum absolute atomic E-state index is 4.20. The van der Waals surface area contributed by atoms with Gasteiger partial charge in [-0.15, -0.1) is 13.2 Å². The summed E-state index contributed by atoms with van der Waals surface area (Å²) in [6, 6.07) is 24.1. The van der Waals surface area contributed by atoms with Gasteiger partial charge in [-0.3, -0.25) is 0 Å². The Balaban J connectivity index is 2.64. The maximum Gasteiger partial charge on any atom is 0.125 e. The van der Waals surface area contributed by atoms with Crippen molar-refractivity contribution >= 4 is 18.4 Å². The van der Waals surface area contributed by atoms with Gasteiger partial charge in [0, 0.05) is 0 Å². The van der Waals surface area contributed by atoms with Crippen LogP contribution in [-0.2, 0) is 0 Å². The van der Waals surface area contributed by atoms with Crippen LogP contribution in [0.15, 0.2) is 85.0 Å². The van der Waals surface area contributed by atoms with Gasteiger partial charge < -0.3 is 0 Å². The fourth-order valence-electron chi connectivity index (χ4n) is 3.18. The smallest absolute Gasteiger partial charge is 0.100 e. The van der Waals surface area contributed by atoms with E-state index >= 15 is 0 Å².